The lowest BCUT2D eigenvalue weighted by Crippen LogP contribution is -2.33. The zero-order chi connectivity index (χ0) is 13.1. The number of nitrogen functional groups attached to an aromatic ring is 1. The molecule has 0 aliphatic rings. The van der Waals surface area contributed by atoms with Gasteiger partial charge in [-0.3, -0.25) is 10.2 Å². The standard InChI is InChI=1S/C9H8F4N2O2/c10-8(11)9(12,13)17-6-3-1-5(2-4-6)7(16)15-14/h1-4,8H,14H2,(H,15,16). The zero-order valence-corrected chi connectivity index (χ0v) is 8.29. The van der Waals surface area contributed by atoms with E-state index >= 15 is 0 Å². The quantitative estimate of drug-likeness (QED) is 0.369. The predicted molar refractivity (Wildman–Crippen MR) is 49.7 cm³/mol. The maximum absolute atomic E-state index is 12.5. The monoisotopic (exact) mass is 252 g/mol. The lowest BCUT2D eigenvalue weighted by molar-refractivity contribution is -0.253. The highest BCUT2D eigenvalue weighted by atomic mass is 19.3. The smallest absolute Gasteiger partial charge is 0.428 e. The molecule has 94 valence electrons. The van der Waals surface area contributed by atoms with Gasteiger partial charge in [0, 0.05) is 5.56 Å². The van der Waals surface area contributed by atoms with E-state index in [1.54, 1.807) is 0 Å². The molecule has 0 saturated heterocycles. The van der Waals surface area contributed by atoms with Crippen molar-refractivity contribution in [2.24, 2.45) is 5.84 Å². The van der Waals surface area contributed by atoms with Crippen molar-refractivity contribution < 1.29 is 27.1 Å². The van der Waals surface area contributed by atoms with E-state index in [2.05, 4.69) is 4.74 Å². The molecule has 0 heterocycles. The van der Waals surface area contributed by atoms with Gasteiger partial charge in [-0.25, -0.2) is 5.84 Å². The Hall–Kier alpha value is -1.83. The molecule has 1 aromatic rings. The van der Waals surface area contributed by atoms with E-state index in [9.17, 15) is 22.4 Å². The summed E-state index contributed by atoms with van der Waals surface area (Å²) in [5, 5.41) is 0. The van der Waals surface area contributed by atoms with Crippen molar-refractivity contribution in [2.75, 3.05) is 0 Å². The summed E-state index contributed by atoms with van der Waals surface area (Å²) in [6, 6.07) is 4.14. The minimum Gasteiger partial charge on any atom is -0.428 e. The van der Waals surface area contributed by atoms with Crippen LogP contribution in [0, 0.1) is 0 Å². The highest BCUT2D eigenvalue weighted by molar-refractivity contribution is 5.93. The van der Waals surface area contributed by atoms with Gasteiger partial charge in [0.1, 0.15) is 5.75 Å². The number of carbonyl (C=O) groups is 1. The summed E-state index contributed by atoms with van der Waals surface area (Å²) in [7, 11) is 0. The molecule has 8 heteroatoms. The second-order valence-electron chi connectivity index (χ2n) is 2.96. The molecule has 4 nitrogen and oxygen atoms in total. The molecule has 0 fully saturated rings. The molecule has 0 radical (unpaired) electrons. The number of rotatable bonds is 4. The highest BCUT2D eigenvalue weighted by Gasteiger charge is 2.43. The number of hydrogen-bond donors (Lipinski definition) is 2. The molecule has 0 unspecified atom stereocenters. The maximum Gasteiger partial charge on any atom is 0.461 e. The molecule has 0 bridgehead atoms. The third-order valence-corrected chi connectivity index (χ3v) is 1.76. The average Bonchev–Trinajstić information content (AvgIpc) is 2.28. The Balaban J connectivity index is 2.79. The Kier molecular flexibility index (Phi) is 3.89. The first kappa shape index (κ1) is 13.2. The fourth-order valence-electron chi connectivity index (χ4n) is 0.959. The van der Waals surface area contributed by atoms with Crippen molar-refractivity contribution in [3.05, 3.63) is 29.8 Å². The van der Waals surface area contributed by atoms with Gasteiger partial charge in [0.25, 0.3) is 5.91 Å². The van der Waals surface area contributed by atoms with E-state index < -0.39 is 24.2 Å². The van der Waals surface area contributed by atoms with Crippen LogP contribution in [0.15, 0.2) is 24.3 Å². The molecular formula is C9H8F4N2O2. The second-order valence-corrected chi connectivity index (χ2v) is 2.96. The van der Waals surface area contributed by atoms with Gasteiger partial charge in [-0.2, -0.15) is 17.6 Å². The summed E-state index contributed by atoms with van der Waals surface area (Å²) in [6.45, 7) is 0. The van der Waals surface area contributed by atoms with Crippen LogP contribution in [0.1, 0.15) is 10.4 Å². The van der Waals surface area contributed by atoms with E-state index in [-0.39, 0.29) is 5.56 Å². The summed E-state index contributed by atoms with van der Waals surface area (Å²) >= 11 is 0. The lowest BCUT2D eigenvalue weighted by Gasteiger charge is -2.16. The SMILES string of the molecule is NNC(=O)c1ccc(OC(F)(F)C(F)F)cc1. The van der Waals surface area contributed by atoms with Crippen LogP contribution in [0.2, 0.25) is 0 Å². The Morgan fingerprint density at radius 2 is 1.82 bits per heavy atom. The zero-order valence-electron chi connectivity index (χ0n) is 8.29. The molecule has 1 amide bonds. The Morgan fingerprint density at radius 3 is 2.24 bits per heavy atom. The molecule has 1 rings (SSSR count). The summed E-state index contributed by atoms with van der Waals surface area (Å²) < 4.78 is 52.4. The van der Waals surface area contributed by atoms with Gasteiger partial charge in [-0.15, -0.1) is 0 Å². The van der Waals surface area contributed by atoms with Gasteiger partial charge in [0.15, 0.2) is 0 Å². The van der Waals surface area contributed by atoms with Gasteiger partial charge in [-0.1, -0.05) is 0 Å². The van der Waals surface area contributed by atoms with Gasteiger partial charge >= 0.3 is 12.5 Å². The maximum atomic E-state index is 12.5. The second kappa shape index (κ2) is 5.00. The average molecular weight is 252 g/mol. The molecule has 0 aliphatic heterocycles. The van der Waals surface area contributed by atoms with E-state index in [0.717, 1.165) is 24.3 Å². The van der Waals surface area contributed by atoms with Crippen LogP contribution >= 0.6 is 0 Å². The van der Waals surface area contributed by atoms with Crippen LogP contribution in [0.5, 0.6) is 5.75 Å². The molecule has 0 saturated carbocycles. The van der Waals surface area contributed by atoms with E-state index in [0.29, 0.717) is 0 Å². The van der Waals surface area contributed by atoms with Gasteiger partial charge in [0.2, 0.25) is 0 Å². The number of carbonyl (C=O) groups excluding carboxylic acids is 1. The lowest BCUT2D eigenvalue weighted by atomic mass is 10.2. The molecular weight excluding hydrogens is 244 g/mol. The molecule has 0 atom stereocenters. The van der Waals surface area contributed by atoms with Crippen LogP contribution < -0.4 is 16.0 Å². The number of nitrogens with one attached hydrogen (secondary N) is 1. The van der Waals surface area contributed by atoms with E-state index in [4.69, 9.17) is 5.84 Å². The largest absolute Gasteiger partial charge is 0.461 e. The molecule has 1 aromatic carbocycles. The number of halogens is 4. The van der Waals surface area contributed by atoms with Crippen molar-refractivity contribution in [1.82, 2.24) is 5.43 Å². The van der Waals surface area contributed by atoms with Crippen molar-refractivity contribution in [3.8, 4) is 5.75 Å². The number of hydrazine groups is 1. The normalized spacial score (nSPS) is 11.4. The fourth-order valence-corrected chi connectivity index (χ4v) is 0.959. The van der Waals surface area contributed by atoms with Crippen LogP contribution in [-0.2, 0) is 0 Å². The molecule has 0 aliphatic carbocycles. The minimum atomic E-state index is -4.57. The van der Waals surface area contributed by atoms with Crippen molar-refractivity contribution in [1.29, 1.82) is 0 Å². The number of amides is 1. The van der Waals surface area contributed by atoms with Crippen molar-refractivity contribution in [2.45, 2.75) is 12.5 Å². The summed E-state index contributed by atoms with van der Waals surface area (Å²) in [5.74, 6) is 3.71. The van der Waals surface area contributed by atoms with Crippen LogP contribution in [0.3, 0.4) is 0 Å². The Bertz CT molecular complexity index is 394. The first-order valence-electron chi connectivity index (χ1n) is 4.33. The fraction of sp³-hybridized carbons (Fsp3) is 0.222. The number of ether oxygens (including phenoxy) is 1. The third-order valence-electron chi connectivity index (χ3n) is 1.76. The number of alkyl halides is 4. The van der Waals surface area contributed by atoms with Gasteiger partial charge < -0.3 is 4.74 Å². The van der Waals surface area contributed by atoms with E-state index in [1.165, 1.54) is 0 Å². The van der Waals surface area contributed by atoms with Crippen molar-refractivity contribution >= 4 is 5.91 Å². The summed E-state index contributed by atoms with van der Waals surface area (Å²) in [5.41, 5.74) is 1.90. The molecule has 0 spiro atoms. The topological polar surface area (TPSA) is 64.3 Å². The molecule has 17 heavy (non-hydrogen) atoms. The third kappa shape index (κ3) is 3.31. The minimum absolute atomic E-state index is 0.0835. The molecule has 0 aromatic heterocycles. The summed E-state index contributed by atoms with van der Waals surface area (Å²) in [4.78, 5) is 11.0. The summed E-state index contributed by atoms with van der Waals surface area (Å²) in [6.07, 6.45) is -8.51. The van der Waals surface area contributed by atoms with Crippen molar-refractivity contribution in [3.63, 3.8) is 0 Å². The highest BCUT2D eigenvalue weighted by Crippen LogP contribution is 2.27. The van der Waals surface area contributed by atoms with Gasteiger partial charge in [0.05, 0.1) is 0 Å². The Morgan fingerprint density at radius 1 is 1.29 bits per heavy atom. The predicted octanol–water partition coefficient (Wildman–Crippen LogP) is 1.53. The number of benzene rings is 1. The van der Waals surface area contributed by atoms with Gasteiger partial charge in [-0.05, 0) is 24.3 Å². The number of nitrogens with two attached hydrogens (primary N) is 1. The molecule has 3 N–H and O–H groups in total. The van der Waals surface area contributed by atoms with Crippen LogP contribution in [0.4, 0.5) is 17.6 Å². The Labute approximate surface area is 93.3 Å². The van der Waals surface area contributed by atoms with Crippen LogP contribution in [0.25, 0.3) is 0 Å². The van der Waals surface area contributed by atoms with Crippen LogP contribution in [-0.4, -0.2) is 18.4 Å². The number of hydrogen-bond acceptors (Lipinski definition) is 3. The first-order valence-corrected chi connectivity index (χ1v) is 4.33. The first-order chi connectivity index (χ1) is 7.86. The van der Waals surface area contributed by atoms with E-state index in [1.807, 2.05) is 5.43 Å².